The number of nitrogens with one attached hydrogen (secondary N) is 2. The molecule has 2 aromatic carbocycles. The van der Waals surface area contributed by atoms with E-state index in [9.17, 15) is 9.59 Å². The van der Waals surface area contributed by atoms with Crippen molar-refractivity contribution in [2.24, 2.45) is 0 Å². The molecule has 0 fully saturated rings. The zero-order valence-electron chi connectivity index (χ0n) is 12.9. The monoisotopic (exact) mass is 332 g/mol. The van der Waals surface area contributed by atoms with Gasteiger partial charge >= 0.3 is 6.03 Å². The van der Waals surface area contributed by atoms with Gasteiger partial charge in [-0.1, -0.05) is 35.4 Å². The molecule has 0 radical (unpaired) electrons. The molecule has 0 bridgehead atoms. The maximum Gasteiger partial charge on any atom is 0.325 e. The van der Waals surface area contributed by atoms with Crippen LogP contribution < -0.4 is 15.4 Å². The highest BCUT2D eigenvalue weighted by Crippen LogP contribution is 2.17. The number of imide groups is 1. The fourth-order valence-electron chi connectivity index (χ4n) is 1.98. The van der Waals surface area contributed by atoms with Gasteiger partial charge in [0.15, 0.2) is 6.61 Å². The van der Waals surface area contributed by atoms with Crippen molar-refractivity contribution >= 4 is 29.2 Å². The average Bonchev–Trinajstić information content (AvgIpc) is 2.48. The Morgan fingerprint density at radius 3 is 2.61 bits per heavy atom. The summed E-state index contributed by atoms with van der Waals surface area (Å²) >= 11 is 5.82. The van der Waals surface area contributed by atoms with Crippen LogP contribution in [-0.4, -0.2) is 18.5 Å². The number of urea groups is 1. The fourth-order valence-corrected chi connectivity index (χ4v) is 2.16. The minimum Gasteiger partial charge on any atom is -0.484 e. The standard InChI is InChI=1S/C17H17ClN2O3/c1-11-6-7-15(12(2)8-11)19-17(22)20-16(21)10-23-14-5-3-4-13(18)9-14/h3-9H,10H2,1-2H3,(H2,19,20,21,22). The first-order valence-corrected chi connectivity index (χ1v) is 7.38. The van der Waals surface area contributed by atoms with E-state index in [1.807, 2.05) is 26.0 Å². The zero-order chi connectivity index (χ0) is 16.8. The van der Waals surface area contributed by atoms with Crippen LogP contribution in [0.1, 0.15) is 11.1 Å². The smallest absolute Gasteiger partial charge is 0.325 e. The number of aryl methyl sites for hydroxylation is 2. The molecule has 5 nitrogen and oxygen atoms in total. The molecule has 0 atom stereocenters. The second kappa shape index (κ2) is 7.65. The molecule has 0 aliphatic heterocycles. The Balaban J connectivity index is 1.84. The minimum absolute atomic E-state index is 0.277. The average molecular weight is 333 g/mol. The lowest BCUT2D eigenvalue weighted by Crippen LogP contribution is -2.37. The molecule has 0 aliphatic rings. The van der Waals surface area contributed by atoms with Gasteiger partial charge in [0.2, 0.25) is 0 Å². The normalized spacial score (nSPS) is 10.0. The molecule has 2 aromatic rings. The Morgan fingerprint density at radius 2 is 1.91 bits per heavy atom. The Hall–Kier alpha value is -2.53. The number of ether oxygens (including phenoxy) is 1. The lowest BCUT2D eigenvalue weighted by Gasteiger charge is -2.10. The van der Waals surface area contributed by atoms with Crippen molar-refractivity contribution < 1.29 is 14.3 Å². The molecule has 0 aromatic heterocycles. The van der Waals surface area contributed by atoms with Gasteiger partial charge in [0.05, 0.1) is 0 Å². The van der Waals surface area contributed by atoms with E-state index in [0.29, 0.717) is 16.5 Å². The summed E-state index contributed by atoms with van der Waals surface area (Å²) in [6.45, 7) is 3.57. The predicted molar refractivity (Wildman–Crippen MR) is 90.0 cm³/mol. The van der Waals surface area contributed by atoms with Gasteiger partial charge < -0.3 is 10.1 Å². The van der Waals surface area contributed by atoms with Gasteiger partial charge in [-0.3, -0.25) is 10.1 Å². The molecule has 2 N–H and O–H groups in total. The molecule has 0 saturated carbocycles. The number of hydrogen-bond donors (Lipinski definition) is 2. The molecular weight excluding hydrogens is 316 g/mol. The van der Waals surface area contributed by atoms with Gasteiger partial charge in [0, 0.05) is 10.7 Å². The zero-order valence-corrected chi connectivity index (χ0v) is 13.6. The second-order valence-corrected chi connectivity index (χ2v) is 5.50. The SMILES string of the molecule is Cc1ccc(NC(=O)NC(=O)COc2cccc(Cl)c2)c(C)c1. The third-order valence-corrected chi connectivity index (χ3v) is 3.28. The van der Waals surface area contributed by atoms with E-state index >= 15 is 0 Å². The largest absolute Gasteiger partial charge is 0.484 e. The molecule has 23 heavy (non-hydrogen) atoms. The molecule has 3 amide bonds. The summed E-state index contributed by atoms with van der Waals surface area (Å²) in [6, 6.07) is 11.7. The number of halogens is 1. The first-order chi connectivity index (χ1) is 10.9. The van der Waals surface area contributed by atoms with Gasteiger partial charge in [0.1, 0.15) is 5.75 Å². The fraction of sp³-hybridized carbons (Fsp3) is 0.176. The van der Waals surface area contributed by atoms with E-state index < -0.39 is 11.9 Å². The van der Waals surface area contributed by atoms with Gasteiger partial charge in [-0.2, -0.15) is 0 Å². The highest BCUT2D eigenvalue weighted by Gasteiger charge is 2.10. The van der Waals surface area contributed by atoms with Crippen molar-refractivity contribution in [1.29, 1.82) is 0 Å². The van der Waals surface area contributed by atoms with E-state index in [0.717, 1.165) is 11.1 Å². The van der Waals surface area contributed by atoms with Crippen LogP contribution in [0.4, 0.5) is 10.5 Å². The molecule has 6 heteroatoms. The van der Waals surface area contributed by atoms with Crippen LogP contribution in [-0.2, 0) is 4.79 Å². The van der Waals surface area contributed by atoms with Crippen LogP contribution in [0.5, 0.6) is 5.75 Å². The van der Waals surface area contributed by atoms with Gasteiger partial charge in [-0.25, -0.2) is 4.79 Å². The third kappa shape index (κ3) is 5.30. The second-order valence-electron chi connectivity index (χ2n) is 5.07. The summed E-state index contributed by atoms with van der Waals surface area (Å²) in [5.74, 6) is -0.0883. The first-order valence-electron chi connectivity index (χ1n) is 7.00. The summed E-state index contributed by atoms with van der Waals surface area (Å²) in [7, 11) is 0. The van der Waals surface area contributed by atoms with Gasteiger partial charge in [-0.15, -0.1) is 0 Å². The molecule has 0 aliphatic carbocycles. The van der Waals surface area contributed by atoms with E-state index in [-0.39, 0.29) is 6.61 Å². The predicted octanol–water partition coefficient (Wildman–Crippen LogP) is 3.68. The van der Waals surface area contributed by atoms with Crippen molar-refractivity contribution in [1.82, 2.24) is 5.32 Å². The number of carbonyl (C=O) groups is 2. The van der Waals surface area contributed by atoms with Crippen LogP contribution in [0.3, 0.4) is 0 Å². The molecular formula is C17H17ClN2O3. The Kier molecular flexibility index (Phi) is 5.60. The van der Waals surface area contributed by atoms with Crippen molar-refractivity contribution in [3.8, 4) is 5.75 Å². The highest BCUT2D eigenvalue weighted by molar-refractivity contribution is 6.30. The van der Waals surface area contributed by atoms with Crippen LogP contribution in [0.25, 0.3) is 0 Å². The molecule has 0 saturated heterocycles. The quantitative estimate of drug-likeness (QED) is 0.897. The molecule has 2 rings (SSSR count). The number of rotatable bonds is 4. The Morgan fingerprint density at radius 1 is 1.13 bits per heavy atom. The summed E-state index contributed by atoms with van der Waals surface area (Å²) in [5, 5.41) is 5.35. The number of amides is 3. The van der Waals surface area contributed by atoms with Crippen molar-refractivity contribution in [2.75, 3.05) is 11.9 Å². The van der Waals surface area contributed by atoms with Crippen LogP contribution in [0.15, 0.2) is 42.5 Å². The molecule has 0 heterocycles. The number of carbonyl (C=O) groups excluding carboxylic acids is 2. The van der Waals surface area contributed by atoms with Gasteiger partial charge in [-0.05, 0) is 43.7 Å². The summed E-state index contributed by atoms with van der Waals surface area (Å²) < 4.78 is 5.26. The van der Waals surface area contributed by atoms with Crippen molar-refractivity contribution in [2.45, 2.75) is 13.8 Å². The lowest BCUT2D eigenvalue weighted by atomic mass is 10.1. The van der Waals surface area contributed by atoms with E-state index in [4.69, 9.17) is 16.3 Å². The highest BCUT2D eigenvalue weighted by atomic mass is 35.5. The number of anilines is 1. The number of benzene rings is 2. The van der Waals surface area contributed by atoms with E-state index in [2.05, 4.69) is 10.6 Å². The van der Waals surface area contributed by atoms with E-state index in [1.54, 1.807) is 30.3 Å². The topological polar surface area (TPSA) is 67.4 Å². The Labute approximate surface area is 139 Å². The molecule has 0 spiro atoms. The summed E-state index contributed by atoms with van der Waals surface area (Å²) in [6.07, 6.45) is 0. The van der Waals surface area contributed by atoms with Crippen molar-refractivity contribution in [3.05, 3.63) is 58.6 Å². The minimum atomic E-state index is -0.600. The summed E-state index contributed by atoms with van der Waals surface area (Å²) in [4.78, 5) is 23.5. The third-order valence-electron chi connectivity index (χ3n) is 3.05. The van der Waals surface area contributed by atoms with Crippen LogP contribution in [0, 0.1) is 13.8 Å². The molecule has 120 valence electrons. The lowest BCUT2D eigenvalue weighted by molar-refractivity contribution is -0.121. The van der Waals surface area contributed by atoms with Crippen LogP contribution >= 0.6 is 11.6 Å². The van der Waals surface area contributed by atoms with E-state index in [1.165, 1.54) is 0 Å². The van der Waals surface area contributed by atoms with Crippen LogP contribution in [0.2, 0.25) is 5.02 Å². The summed E-state index contributed by atoms with van der Waals surface area (Å²) in [5.41, 5.74) is 2.67. The van der Waals surface area contributed by atoms with Crippen molar-refractivity contribution in [3.63, 3.8) is 0 Å². The van der Waals surface area contributed by atoms with Gasteiger partial charge in [0.25, 0.3) is 5.91 Å². The molecule has 0 unspecified atom stereocenters. The maximum absolute atomic E-state index is 11.8. The Bertz CT molecular complexity index is 732. The maximum atomic E-state index is 11.8. The number of hydrogen-bond acceptors (Lipinski definition) is 3. The first kappa shape index (κ1) is 16.8.